The number of nitrogens with one attached hydrogen (secondary N) is 1. The van der Waals surface area contributed by atoms with E-state index in [-0.39, 0.29) is 11.8 Å². The third-order valence-electron chi connectivity index (χ3n) is 3.98. The van der Waals surface area contributed by atoms with Crippen molar-refractivity contribution in [3.63, 3.8) is 0 Å². The maximum absolute atomic E-state index is 12.5. The Morgan fingerprint density at radius 3 is 2.95 bits per heavy atom. The summed E-state index contributed by atoms with van der Waals surface area (Å²) in [6, 6.07) is 10.2. The fourth-order valence-corrected chi connectivity index (χ4v) is 2.81. The van der Waals surface area contributed by atoms with Crippen molar-refractivity contribution in [1.82, 2.24) is 14.8 Å². The van der Waals surface area contributed by atoms with Gasteiger partial charge in [-0.1, -0.05) is 18.2 Å². The molecule has 1 aliphatic rings. The molecule has 2 amide bonds. The van der Waals surface area contributed by atoms with Gasteiger partial charge in [-0.05, 0) is 24.4 Å². The van der Waals surface area contributed by atoms with Crippen LogP contribution in [0.15, 0.2) is 30.3 Å². The monoisotopic (exact) mass is 285 g/mol. The second kappa shape index (κ2) is 5.60. The van der Waals surface area contributed by atoms with Crippen LogP contribution in [-0.4, -0.2) is 40.9 Å². The zero-order valence-electron chi connectivity index (χ0n) is 12.1. The van der Waals surface area contributed by atoms with Gasteiger partial charge in [0, 0.05) is 37.3 Å². The normalized spacial score (nSPS) is 15.9. The lowest BCUT2D eigenvalue weighted by atomic mass is 10.2. The third-order valence-corrected chi connectivity index (χ3v) is 3.98. The van der Waals surface area contributed by atoms with E-state index in [1.54, 1.807) is 4.90 Å². The second-order valence-electron chi connectivity index (χ2n) is 5.41. The molecule has 1 fully saturated rings. The van der Waals surface area contributed by atoms with Crippen LogP contribution in [0.4, 0.5) is 0 Å². The third kappa shape index (κ3) is 2.77. The summed E-state index contributed by atoms with van der Waals surface area (Å²) >= 11 is 0. The first kappa shape index (κ1) is 13.7. The quantitative estimate of drug-likeness (QED) is 0.904. The van der Waals surface area contributed by atoms with Crippen LogP contribution in [0, 0.1) is 6.92 Å². The van der Waals surface area contributed by atoms with Gasteiger partial charge in [0.25, 0.3) is 0 Å². The van der Waals surface area contributed by atoms with Crippen molar-refractivity contribution in [2.45, 2.75) is 19.9 Å². The lowest BCUT2D eigenvalue weighted by molar-refractivity contribution is -0.131. The Balaban J connectivity index is 1.80. The predicted molar refractivity (Wildman–Crippen MR) is 80.9 cm³/mol. The van der Waals surface area contributed by atoms with Gasteiger partial charge in [0.15, 0.2) is 0 Å². The summed E-state index contributed by atoms with van der Waals surface area (Å²) in [5, 5.41) is 3.94. The van der Waals surface area contributed by atoms with E-state index < -0.39 is 0 Å². The van der Waals surface area contributed by atoms with E-state index in [1.165, 1.54) is 0 Å². The smallest absolute Gasteiger partial charge is 0.242 e. The van der Waals surface area contributed by atoms with Crippen molar-refractivity contribution in [3.05, 3.63) is 36.0 Å². The Morgan fingerprint density at radius 1 is 1.29 bits per heavy atom. The number of hydrogen-bond donors (Lipinski definition) is 1. The average Bonchev–Trinajstić information content (AvgIpc) is 2.64. The summed E-state index contributed by atoms with van der Waals surface area (Å²) in [6.45, 7) is 3.97. The maximum atomic E-state index is 12.5. The number of aromatic nitrogens is 1. The molecule has 0 atom stereocenters. The number of amides is 2. The van der Waals surface area contributed by atoms with Crippen LogP contribution in [0.5, 0.6) is 0 Å². The van der Waals surface area contributed by atoms with Gasteiger partial charge in [0.05, 0.1) is 0 Å². The van der Waals surface area contributed by atoms with Crippen molar-refractivity contribution in [2.24, 2.45) is 0 Å². The van der Waals surface area contributed by atoms with Gasteiger partial charge in [0.1, 0.15) is 6.54 Å². The molecule has 1 N–H and O–H groups in total. The van der Waals surface area contributed by atoms with Crippen LogP contribution in [0.3, 0.4) is 0 Å². The van der Waals surface area contributed by atoms with E-state index in [2.05, 4.69) is 17.4 Å². The molecule has 110 valence electrons. The lowest BCUT2D eigenvalue weighted by Gasteiger charge is -2.20. The highest BCUT2D eigenvalue weighted by molar-refractivity contribution is 5.85. The fourth-order valence-electron chi connectivity index (χ4n) is 2.81. The molecule has 2 heterocycles. The summed E-state index contributed by atoms with van der Waals surface area (Å²) < 4.78 is 2.04. The van der Waals surface area contributed by atoms with E-state index in [0.29, 0.717) is 32.6 Å². The molecule has 5 nitrogen and oxygen atoms in total. The molecule has 1 saturated heterocycles. The van der Waals surface area contributed by atoms with Gasteiger partial charge >= 0.3 is 0 Å². The molecule has 1 aromatic carbocycles. The van der Waals surface area contributed by atoms with Gasteiger partial charge in [-0.3, -0.25) is 9.59 Å². The first-order valence-corrected chi connectivity index (χ1v) is 7.24. The Kier molecular flexibility index (Phi) is 3.64. The Morgan fingerprint density at radius 2 is 2.10 bits per heavy atom. The second-order valence-corrected chi connectivity index (χ2v) is 5.41. The molecule has 0 unspecified atom stereocenters. The molecule has 2 aromatic rings. The Bertz CT molecular complexity index is 690. The maximum Gasteiger partial charge on any atom is 0.242 e. The summed E-state index contributed by atoms with van der Waals surface area (Å²) in [7, 11) is 0. The first-order valence-electron chi connectivity index (χ1n) is 7.24. The number of hydrogen-bond acceptors (Lipinski definition) is 2. The van der Waals surface area contributed by atoms with E-state index in [0.717, 1.165) is 16.6 Å². The van der Waals surface area contributed by atoms with Crippen LogP contribution in [0.1, 0.15) is 12.1 Å². The standard InChI is InChI=1S/C16H19N3O2/c1-12-10-13-4-2-3-5-14(13)19(12)11-16(21)18-8-6-15(20)17-7-9-18/h2-5,10H,6-9,11H2,1H3,(H,17,20). The average molecular weight is 285 g/mol. The topological polar surface area (TPSA) is 54.3 Å². The van der Waals surface area contributed by atoms with E-state index in [9.17, 15) is 9.59 Å². The summed E-state index contributed by atoms with van der Waals surface area (Å²) in [6.07, 6.45) is 0.386. The zero-order chi connectivity index (χ0) is 14.8. The molecule has 0 aliphatic carbocycles. The molecule has 5 heteroatoms. The first-order chi connectivity index (χ1) is 10.1. The molecule has 0 saturated carbocycles. The highest BCUT2D eigenvalue weighted by Crippen LogP contribution is 2.19. The molecule has 1 aromatic heterocycles. The van der Waals surface area contributed by atoms with Crippen LogP contribution in [0.25, 0.3) is 10.9 Å². The molecule has 0 spiro atoms. The van der Waals surface area contributed by atoms with Crippen LogP contribution < -0.4 is 5.32 Å². The molecule has 1 aliphatic heterocycles. The largest absolute Gasteiger partial charge is 0.354 e. The van der Waals surface area contributed by atoms with Crippen LogP contribution >= 0.6 is 0 Å². The van der Waals surface area contributed by atoms with E-state index >= 15 is 0 Å². The van der Waals surface area contributed by atoms with E-state index in [1.807, 2.05) is 29.7 Å². The van der Waals surface area contributed by atoms with E-state index in [4.69, 9.17) is 0 Å². The Labute approximate surface area is 123 Å². The van der Waals surface area contributed by atoms with Gasteiger partial charge in [-0.25, -0.2) is 0 Å². The van der Waals surface area contributed by atoms with Gasteiger partial charge in [-0.15, -0.1) is 0 Å². The van der Waals surface area contributed by atoms with Gasteiger partial charge in [0.2, 0.25) is 11.8 Å². The van der Waals surface area contributed by atoms with Crippen LogP contribution in [0.2, 0.25) is 0 Å². The minimum Gasteiger partial charge on any atom is -0.354 e. The van der Waals surface area contributed by atoms with Gasteiger partial charge < -0.3 is 14.8 Å². The zero-order valence-corrected chi connectivity index (χ0v) is 12.1. The fraction of sp³-hybridized carbons (Fsp3) is 0.375. The summed E-state index contributed by atoms with van der Waals surface area (Å²) in [5.41, 5.74) is 2.15. The molecule has 3 rings (SSSR count). The van der Waals surface area contributed by atoms with Gasteiger partial charge in [-0.2, -0.15) is 0 Å². The number of nitrogens with zero attached hydrogens (tertiary/aromatic N) is 2. The number of benzene rings is 1. The minimum absolute atomic E-state index is 0.0212. The SMILES string of the molecule is Cc1cc2ccccc2n1CC(=O)N1CCNC(=O)CC1. The van der Waals surface area contributed by atoms with Crippen molar-refractivity contribution >= 4 is 22.7 Å². The molecule has 0 bridgehead atoms. The number of rotatable bonds is 2. The Hall–Kier alpha value is -2.30. The number of carbonyl (C=O) groups is 2. The predicted octanol–water partition coefficient (Wildman–Crippen LogP) is 1.30. The lowest BCUT2D eigenvalue weighted by Crippen LogP contribution is -2.36. The van der Waals surface area contributed by atoms with Crippen molar-refractivity contribution < 1.29 is 9.59 Å². The number of para-hydroxylation sites is 1. The number of aryl methyl sites for hydroxylation is 1. The molecular weight excluding hydrogens is 266 g/mol. The van der Waals surface area contributed by atoms with Crippen LogP contribution in [-0.2, 0) is 16.1 Å². The minimum atomic E-state index is 0.0212. The van der Waals surface area contributed by atoms with Crippen molar-refractivity contribution in [2.75, 3.05) is 19.6 Å². The summed E-state index contributed by atoms with van der Waals surface area (Å²) in [4.78, 5) is 25.6. The molecule has 0 radical (unpaired) electrons. The number of fused-ring (bicyclic) bond motifs is 1. The molecule has 21 heavy (non-hydrogen) atoms. The van der Waals surface area contributed by atoms with Crippen molar-refractivity contribution in [3.8, 4) is 0 Å². The summed E-state index contributed by atoms with van der Waals surface area (Å²) in [5.74, 6) is 0.0869. The highest BCUT2D eigenvalue weighted by atomic mass is 16.2. The highest BCUT2D eigenvalue weighted by Gasteiger charge is 2.19. The van der Waals surface area contributed by atoms with Crippen molar-refractivity contribution in [1.29, 1.82) is 0 Å². The number of carbonyl (C=O) groups excluding carboxylic acids is 2. The molecular formula is C16H19N3O2.